The van der Waals surface area contributed by atoms with Crippen LogP contribution in [0.2, 0.25) is 0 Å². The minimum Gasteiger partial charge on any atom is -0.417 e. The Balaban J connectivity index is 1.54. The minimum absolute atomic E-state index is 0.179. The number of carbonyl (C=O) groups is 2. The molecule has 0 unspecified atom stereocenters. The Hall–Kier alpha value is -4.40. The van der Waals surface area contributed by atoms with E-state index in [4.69, 9.17) is 4.42 Å². The molecule has 0 spiro atoms. The topological polar surface area (TPSA) is 120 Å². The van der Waals surface area contributed by atoms with E-state index in [9.17, 15) is 14.4 Å². The number of nitrogens with zero attached hydrogens (tertiary/aromatic N) is 4. The number of rotatable bonds is 9. The Morgan fingerprint density at radius 3 is 2.27 bits per heavy atom. The first-order valence-corrected chi connectivity index (χ1v) is 12.0. The quantitative estimate of drug-likeness (QED) is 0.349. The molecule has 1 N–H and O–H groups in total. The second-order valence-electron chi connectivity index (χ2n) is 9.62. The normalized spacial score (nSPS) is 12.4. The molecule has 9 nitrogen and oxygen atoms in total. The van der Waals surface area contributed by atoms with Gasteiger partial charge in [-0.15, -0.1) is 10.2 Å². The van der Waals surface area contributed by atoms with Crippen LogP contribution < -0.4 is 10.9 Å². The fraction of sp³-hybridized carbons (Fsp3) is 0.286. The van der Waals surface area contributed by atoms with Crippen molar-refractivity contribution in [2.75, 3.05) is 0 Å². The highest BCUT2D eigenvalue weighted by atomic mass is 16.4. The van der Waals surface area contributed by atoms with E-state index < -0.39 is 23.1 Å². The molecule has 0 bridgehead atoms. The molecule has 0 radical (unpaired) electrons. The van der Waals surface area contributed by atoms with E-state index >= 15 is 0 Å². The number of benzene rings is 2. The first-order chi connectivity index (χ1) is 17.7. The van der Waals surface area contributed by atoms with Crippen molar-refractivity contribution in [3.05, 3.63) is 101 Å². The molecule has 37 heavy (non-hydrogen) atoms. The summed E-state index contributed by atoms with van der Waals surface area (Å²) in [6.45, 7) is 7.17. The predicted molar refractivity (Wildman–Crippen MR) is 138 cm³/mol. The lowest BCUT2D eigenvalue weighted by Gasteiger charge is -2.21. The smallest absolute Gasteiger partial charge is 0.286 e. The number of hydrogen-bond acceptors (Lipinski definition) is 7. The SMILES string of the molecule is CC(C)[C@H](NC(=O)Cn1c(-c2ccccc2)nccc1=O)C(=O)c1nnc(C(C)(C)c2ccccc2)o1. The molecule has 0 fully saturated rings. The third kappa shape index (κ3) is 5.55. The zero-order valence-electron chi connectivity index (χ0n) is 21.2. The van der Waals surface area contributed by atoms with Crippen LogP contribution in [-0.4, -0.2) is 37.5 Å². The van der Waals surface area contributed by atoms with Crippen LogP contribution in [-0.2, 0) is 16.8 Å². The lowest BCUT2D eigenvalue weighted by molar-refractivity contribution is -0.122. The van der Waals surface area contributed by atoms with Crippen LogP contribution in [0.15, 0.2) is 82.1 Å². The molecule has 0 saturated carbocycles. The van der Waals surface area contributed by atoms with Gasteiger partial charge >= 0.3 is 0 Å². The van der Waals surface area contributed by atoms with Crippen molar-refractivity contribution >= 4 is 11.7 Å². The first-order valence-electron chi connectivity index (χ1n) is 12.0. The highest BCUT2D eigenvalue weighted by Gasteiger charge is 2.34. The summed E-state index contributed by atoms with van der Waals surface area (Å²) in [5.41, 5.74) is 0.672. The van der Waals surface area contributed by atoms with Crippen molar-refractivity contribution < 1.29 is 14.0 Å². The standard InChI is InChI=1S/C28H29N5O4/c1-18(2)23(24(36)26-31-32-27(37-26)28(3,4)20-13-9-6-10-14-20)30-21(34)17-33-22(35)15-16-29-25(33)19-11-7-5-8-12-19/h5-16,18,23H,17H2,1-4H3,(H,30,34)/t23-/m0/s1. The number of ketones is 1. The molecule has 2 aromatic carbocycles. The lowest BCUT2D eigenvalue weighted by atomic mass is 9.85. The summed E-state index contributed by atoms with van der Waals surface area (Å²) in [7, 11) is 0. The highest BCUT2D eigenvalue weighted by Crippen LogP contribution is 2.30. The fourth-order valence-electron chi connectivity index (χ4n) is 3.99. The summed E-state index contributed by atoms with van der Waals surface area (Å²) >= 11 is 0. The van der Waals surface area contributed by atoms with Crippen molar-refractivity contribution in [1.82, 2.24) is 25.1 Å². The molecular weight excluding hydrogens is 470 g/mol. The Morgan fingerprint density at radius 2 is 1.62 bits per heavy atom. The van der Waals surface area contributed by atoms with Gasteiger partial charge in [0.1, 0.15) is 12.4 Å². The Labute approximate surface area is 214 Å². The van der Waals surface area contributed by atoms with E-state index in [0.29, 0.717) is 17.3 Å². The van der Waals surface area contributed by atoms with Gasteiger partial charge < -0.3 is 9.73 Å². The molecule has 1 atom stereocenters. The molecule has 0 aliphatic heterocycles. The van der Waals surface area contributed by atoms with Crippen LogP contribution in [0.4, 0.5) is 0 Å². The van der Waals surface area contributed by atoms with Gasteiger partial charge in [-0.05, 0) is 25.3 Å². The number of carbonyl (C=O) groups excluding carboxylic acids is 2. The van der Waals surface area contributed by atoms with Crippen LogP contribution >= 0.6 is 0 Å². The first kappa shape index (κ1) is 25.7. The number of hydrogen-bond donors (Lipinski definition) is 1. The van der Waals surface area contributed by atoms with Gasteiger partial charge in [0, 0.05) is 17.8 Å². The second-order valence-corrected chi connectivity index (χ2v) is 9.62. The molecule has 0 saturated heterocycles. The van der Waals surface area contributed by atoms with Crippen LogP contribution in [0, 0.1) is 5.92 Å². The van der Waals surface area contributed by atoms with Gasteiger partial charge in [-0.25, -0.2) is 4.98 Å². The third-order valence-electron chi connectivity index (χ3n) is 6.20. The van der Waals surface area contributed by atoms with E-state index in [-0.39, 0.29) is 23.9 Å². The number of amides is 1. The molecule has 4 rings (SSSR count). The predicted octanol–water partition coefficient (Wildman–Crippen LogP) is 3.64. The van der Waals surface area contributed by atoms with Gasteiger partial charge in [-0.2, -0.15) is 0 Å². The van der Waals surface area contributed by atoms with Crippen molar-refractivity contribution in [3.63, 3.8) is 0 Å². The van der Waals surface area contributed by atoms with Gasteiger partial charge in [0.05, 0.1) is 11.5 Å². The average molecular weight is 500 g/mol. The Kier molecular flexibility index (Phi) is 7.42. The van der Waals surface area contributed by atoms with Crippen LogP contribution in [0.5, 0.6) is 0 Å². The zero-order chi connectivity index (χ0) is 26.6. The van der Waals surface area contributed by atoms with Gasteiger partial charge in [0.15, 0.2) is 0 Å². The van der Waals surface area contributed by atoms with E-state index in [1.165, 1.54) is 16.8 Å². The van der Waals surface area contributed by atoms with Crippen molar-refractivity contribution in [1.29, 1.82) is 0 Å². The molecule has 2 aromatic heterocycles. The molecule has 1 amide bonds. The van der Waals surface area contributed by atoms with Crippen molar-refractivity contribution in [3.8, 4) is 11.4 Å². The van der Waals surface area contributed by atoms with E-state index in [0.717, 1.165) is 5.56 Å². The van der Waals surface area contributed by atoms with Crippen molar-refractivity contribution in [2.45, 2.75) is 45.7 Å². The second kappa shape index (κ2) is 10.7. The molecule has 0 aliphatic rings. The van der Waals surface area contributed by atoms with Gasteiger partial charge in [0.25, 0.3) is 11.4 Å². The van der Waals surface area contributed by atoms with Crippen LogP contribution in [0.25, 0.3) is 11.4 Å². The van der Waals surface area contributed by atoms with Gasteiger partial charge in [-0.3, -0.25) is 19.0 Å². The largest absolute Gasteiger partial charge is 0.417 e. The number of aromatic nitrogens is 4. The van der Waals surface area contributed by atoms with E-state index in [1.54, 1.807) is 26.0 Å². The molecule has 9 heteroatoms. The van der Waals surface area contributed by atoms with Crippen LogP contribution in [0.3, 0.4) is 0 Å². The maximum absolute atomic E-state index is 13.3. The highest BCUT2D eigenvalue weighted by molar-refractivity contribution is 5.98. The van der Waals surface area contributed by atoms with E-state index in [1.807, 2.05) is 62.4 Å². The fourth-order valence-corrected chi connectivity index (χ4v) is 3.99. The monoisotopic (exact) mass is 499 g/mol. The number of nitrogens with one attached hydrogen (secondary N) is 1. The maximum atomic E-state index is 13.3. The van der Waals surface area contributed by atoms with Gasteiger partial charge in [-0.1, -0.05) is 74.5 Å². The number of Topliss-reactive ketones (excluding diaryl/α,β-unsaturated/α-hetero) is 1. The minimum atomic E-state index is -0.923. The molecule has 0 aliphatic carbocycles. The summed E-state index contributed by atoms with van der Waals surface area (Å²) < 4.78 is 7.08. The summed E-state index contributed by atoms with van der Waals surface area (Å²) in [5, 5.41) is 10.9. The molecule has 4 aromatic rings. The summed E-state index contributed by atoms with van der Waals surface area (Å²) in [6, 6.07) is 19.1. The maximum Gasteiger partial charge on any atom is 0.286 e. The molecule has 190 valence electrons. The Morgan fingerprint density at radius 1 is 0.973 bits per heavy atom. The lowest BCUT2D eigenvalue weighted by Crippen LogP contribution is -2.46. The summed E-state index contributed by atoms with van der Waals surface area (Å²) in [4.78, 5) is 43.2. The average Bonchev–Trinajstić information content (AvgIpc) is 3.40. The van der Waals surface area contributed by atoms with Gasteiger partial charge in [0.2, 0.25) is 17.6 Å². The molecule has 2 heterocycles. The van der Waals surface area contributed by atoms with E-state index in [2.05, 4.69) is 20.5 Å². The summed E-state index contributed by atoms with van der Waals surface area (Å²) in [5.74, 6) is -0.795. The molecular formula is C28H29N5O4. The zero-order valence-corrected chi connectivity index (χ0v) is 21.2. The van der Waals surface area contributed by atoms with Crippen LogP contribution in [0.1, 0.15) is 49.8 Å². The summed E-state index contributed by atoms with van der Waals surface area (Å²) in [6.07, 6.45) is 1.41. The third-order valence-corrected chi connectivity index (χ3v) is 6.20. The van der Waals surface area contributed by atoms with Crippen molar-refractivity contribution in [2.24, 2.45) is 5.92 Å². The Bertz CT molecular complexity index is 1440.